The minimum absolute atomic E-state index is 0.103. The van der Waals surface area contributed by atoms with Crippen molar-refractivity contribution in [3.8, 4) is 11.3 Å². The second kappa shape index (κ2) is 6.39. The predicted octanol–water partition coefficient (Wildman–Crippen LogP) is 2.53. The Hall–Kier alpha value is -1.76. The van der Waals surface area contributed by atoms with Crippen LogP contribution in [0.4, 0.5) is 5.69 Å². The first-order chi connectivity index (χ1) is 11.3. The van der Waals surface area contributed by atoms with Crippen molar-refractivity contribution in [2.24, 2.45) is 0 Å². The lowest BCUT2D eigenvalue weighted by atomic mass is 9.99. The number of morpholine rings is 1. The van der Waals surface area contributed by atoms with Crippen molar-refractivity contribution in [3.05, 3.63) is 34.2 Å². The molecular formula is C17H19N3O2S. The van der Waals surface area contributed by atoms with Gasteiger partial charge in [0, 0.05) is 36.1 Å². The normalized spacial score (nSPS) is 18.5. The summed E-state index contributed by atoms with van der Waals surface area (Å²) in [5, 5.41) is 6.19. The minimum Gasteiger partial charge on any atom is -0.379 e. The monoisotopic (exact) mass is 329 g/mol. The number of hydrogen-bond donors (Lipinski definition) is 1. The molecule has 2 aromatic rings. The van der Waals surface area contributed by atoms with E-state index in [1.807, 2.05) is 12.1 Å². The fourth-order valence-electron chi connectivity index (χ4n) is 3.01. The number of rotatable bonds is 3. The van der Waals surface area contributed by atoms with Gasteiger partial charge in [0.15, 0.2) is 0 Å². The lowest BCUT2D eigenvalue weighted by molar-refractivity contribution is -0.116. The Morgan fingerprint density at radius 1 is 1.26 bits per heavy atom. The Morgan fingerprint density at radius 2 is 2.13 bits per heavy atom. The van der Waals surface area contributed by atoms with Gasteiger partial charge >= 0.3 is 0 Å². The molecule has 3 heterocycles. The van der Waals surface area contributed by atoms with E-state index in [0.717, 1.165) is 61.2 Å². The van der Waals surface area contributed by atoms with Gasteiger partial charge in [0.1, 0.15) is 5.01 Å². The molecule has 120 valence electrons. The molecule has 0 aliphatic carbocycles. The van der Waals surface area contributed by atoms with Crippen LogP contribution in [0.1, 0.15) is 17.0 Å². The van der Waals surface area contributed by atoms with Crippen molar-refractivity contribution in [2.75, 3.05) is 31.6 Å². The Morgan fingerprint density at radius 3 is 3.00 bits per heavy atom. The molecule has 1 aromatic carbocycles. The lowest BCUT2D eigenvalue weighted by Gasteiger charge is -2.25. The van der Waals surface area contributed by atoms with Crippen molar-refractivity contribution in [1.29, 1.82) is 0 Å². The number of thiazole rings is 1. The van der Waals surface area contributed by atoms with Gasteiger partial charge in [0.05, 0.1) is 25.5 Å². The molecule has 1 amide bonds. The molecule has 4 rings (SSSR count). The molecule has 1 aromatic heterocycles. The number of nitrogens with zero attached hydrogens (tertiary/aromatic N) is 2. The molecule has 5 nitrogen and oxygen atoms in total. The summed E-state index contributed by atoms with van der Waals surface area (Å²) in [4.78, 5) is 18.6. The van der Waals surface area contributed by atoms with Crippen LogP contribution >= 0.6 is 11.3 Å². The van der Waals surface area contributed by atoms with Crippen LogP contribution in [0.2, 0.25) is 0 Å². The number of benzene rings is 1. The average Bonchev–Trinajstić information content (AvgIpc) is 3.04. The van der Waals surface area contributed by atoms with Crippen molar-refractivity contribution < 1.29 is 9.53 Å². The highest BCUT2D eigenvalue weighted by molar-refractivity contribution is 7.09. The van der Waals surface area contributed by atoms with Gasteiger partial charge in [-0.1, -0.05) is 6.07 Å². The van der Waals surface area contributed by atoms with E-state index in [1.54, 1.807) is 11.3 Å². The molecule has 6 heteroatoms. The molecule has 0 radical (unpaired) electrons. The molecule has 0 spiro atoms. The van der Waals surface area contributed by atoms with E-state index in [2.05, 4.69) is 21.7 Å². The third-order valence-corrected chi connectivity index (χ3v) is 5.14. The smallest absolute Gasteiger partial charge is 0.224 e. The van der Waals surface area contributed by atoms with Gasteiger partial charge < -0.3 is 10.1 Å². The number of carbonyl (C=O) groups excluding carboxylic acids is 1. The highest BCUT2D eigenvalue weighted by atomic mass is 32.1. The van der Waals surface area contributed by atoms with Gasteiger partial charge in [-0.15, -0.1) is 11.3 Å². The maximum atomic E-state index is 11.4. The lowest BCUT2D eigenvalue weighted by Crippen LogP contribution is -2.35. The van der Waals surface area contributed by atoms with E-state index in [4.69, 9.17) is 9.72 Å². The van der Waals surface area contributed by atoms with E-state index in [-0.39, 0.29) is 5.91 Å². The van der Waals surface area contributed by atoms with Crippen LogP contribution in [-0.2, 0) is 22.5 Å². The first-order valence-corrected chi connectivity index (χ1v) is 8.83. The highest BCUT2D eigenvalue weighted by Gasteiger charge is 2.17. The molecule has 0 bridgehead atoms. The van der Waals surface area contributed by atoms with E-state index in [1.165, 1.54) is 5.56 Å². The van der Waals surface area contributed by atoms with Gasteiger partial charge in [-0.2, -0.15) is 0 Å². The zero-order chi connectivity index (χ0) is 15.6. The summed E-state index contributed by atoms with van der Waals surface area (Å²) >= 11 is 1.71. The molecule has 0 atom stereocenters. The summed E-state index contributed by atoms with van der Waals surface area (Å²) < 4.78 is 5.38. The van der Waals surface area contributed by atoms with Gasteiger partial charge in [-0.05, 0) is 24.1 Å². The fourth-order valence-corrected chi connectivity index (χ4v) is 3.85. The van der Waals surface area contributed by atoms with Gasteiger partial charge in [-0.25, -0.2) is 4.98 Å². The van der Waals surface area contributed by atoms with Crippen LogP contribution in [0.15, 0.2) is 23.6 Å². The number of aryl methyl sites for hydroxylation is 1. The van der Waals surface area contributed by atoms with Crippen LogP contribution in [-0.4, -0.2) is 42.1 Å². The molecule has 1 fully saturated rings. The topological polar surface area (TPSA) is 54.5 Å². The predicted molar refractivity (Wildman–Crippen MR) is 90.6 cm³/mol. The van der Waals surface area contributed by atoms with Crippen LogP contribution in [0, 0.1) is 0 Å². The van der Waals surface area contributed by atoms with E-state index in [0.29, 0.717) is 6.42 Å². The zero-order valence-electron chi connectivity index (χ0n) is 12.9. The Kier molecular flexibility index (Phi) is 4.11. The molecule has 0 unspecified atom stereocenters. The Labute approximate surface area is 139 Å². The Bertz CT molecular complexity index is 722. The van der Waals surface area contributed by atoms with Gasteiger partial charge in [0.25, 0.3) is 0 Å². The van der Waals surface area contributed by atoms with Crippen LogP contribution in [0.25, 0.3) is 11.3 Å². The number of amides is 1. The minimum atomic E-state index is 0.103. The van der Waals surface area contributed by atoms with Crippen LogP contribution in [0.3, 0.4) is 0 Å². The molecular weight excluding hydrogens is 310 g/mol. The number of carbonyl (C=O) groups is 1. The molecule has 0 saturated carbocycles. The second-order valence-electron chi connectivity index (χ2n) is 5.94. The number of fused-ring (bicyclic) bond motifs is 1. The third-order valence-electron chi connectivity index (χ3n) is 4.31. The van der Waals surface area contributed by atoms with Crippen molar-refractivity contribution in [3.63, 3.8) is 0 Å². The fraction of sp³-hybridized carbons (Fsp3) is 0.412. The number of aromatic nitrogens is 1. The van der Waals surface area contributed by atoms with Crippen molar-refractivity contribution >= 4 is 22.9 Å². The third kappa shape index (κ3) is 3.29. The maximum absolute atomic E-state index is 11.4. The molecule has 2 aliphatic heterocycles. The number of ether oxygens (including phenoxy) is 1. The first-order valence-electron chi connectivity index (χ1n) is 7.95. The largest absolute Gasteiger partial charge is 0.379 e. The second-order valence-corrected chi connectivity index (χ2v) is 6.88. The highest BCUT2D eigenvalue weighted by Crippen LogP contribution is 2.29. The van der Waals surface area contributed by atoms with E-state index < -0.39 is 0 Å². The standard InChI is InChI=1S/C17H19N3O2S/c21-16-4-2-12-9-13(1-3-14(12)18-16)15-11-23-17(19-15)10-20-5-7-22-8-6-20/h1,3,9,11H,2,4-8,10H2,(H,18,21). The maximum Gasteiger partial charge on any atom is 0.224 e. The summed E-state index contributed by atoms with van der Waals surface area (Å²) in [7, 11) is 0. The number of hydrogen-bond acceptors (Lipinski definition) is 5. The SMILES string of the molecule is O=C1CCc2cc(-c3csc(CN4CCOCC4)n3)ccc2N1. The number of anilines is 1. The van der Waals surface area contributed by atoms with Crippen molar-refractivity contribution in [1.82, 2.24) is 9.88 Å². The quantitative estimate of drug-likeness (QED) is 0.940. The van der Waals surface area contributed by atoms with Crippen LogP contribution < -0.4 is 5.32 Å². The van der Waals surface area contributed by atoms with Gasteiger partial charge in [-0.3, -0.25) is 9.69 Å². The number of nitrogens with one attached hydrogen (secondary N) is 1. The summed E-state index contributed by atoms with van der Waals surface area (Å²) in [6.07, 6.45) is 1.37. The Balaban J connectivity index is 1.51. The molecule has 2 aliphatic rings. The first kappa shape index (κ1) is 14.8. The summed E-state index contributed by atoms with van der Waals surface area (Å²) in [6, 6.07) is 6.18. The average molecular weight is 329 g/mol. The van der Waals surface area contributed by atoms with E-state index >= 15 is 0 Å². The zero-order valence-corrected chi connectivity index (χ0v) is 13.7. The molecule has 23 heavy (non-hydrogen) atoms. The van der Waals surface area contributed by atoms with Gasteiger partial charge in [0.2, 0.25) is 5.91 Å². The van der Waals surface area contributed by atoms with Crippen molar-refractivity contribution in [2.45, 2.75) is 19.4 Å². The summed E-state index contributed by atoms with van der Waals surface area (Å²) in [5.74, 6) is 0.103. The molecule has 1 N–H and O–H groups in total. The summed E-state index contributed by atoms with van der Waals surface area (Å²) in [5.41, 5.74) is 4.29. The van der Waals surface area contributed by atoms with Crippen LogP contribution in [0.5, 0.6) is 0 Å². The van der Waals surface area contributed by atoms with E-state index in [9.17, 15) is 4.79 Å². The summed E-state index contributed by atoms with van der Waals surface area (Å²) in [6.45, 7) is 4.49. The molecule has 1 saturated heterocycles.